The van der Waals surface area contributed by atoms with Crippen molar-refractivity contribution in [2.24, 2.45) is 0 Å². The van der Waals surface area contributed by atoms with Crippen LogP contribution in [0.2, 0.25) is 0 Å². The van der Waals surface area contributed by atoms with Crippen molar-refractivity contribution in [2.45, 2.75) is 14.7 Å². The fourth-order valence-electron chi connectivity index (χ4n) is 5.55. The first-order chi connectivity index (χ1) is 24.6. The largest absolute Gasteiger partial charge is 0.287 e. The average Bonchev–Trinajstić information content (AvgIpc) is 3.89. The summed E-state index contributed by atoms with van der Waals surface area (Å²) in [5, 5.41) is 2.75. The maximum atomic E-state index is 15.8. The molecule has 6 aromatic carbocycles. The van der Waals surface area contributed by atoms with Crippen molar-refractivity contribution in [1.82, 2.24) is 15.0 Å². The molecule has 9 rings (SSSR count). The molecule has 3 aromatic heterocycles. The van der Waals surface area contributed by atoms with Gasteiger partial charge in [0, 0.05) is 31.4 Å². The van der Waals surface area contributed by atoms with E-state index in [1.165, 1.54) is 34.1 Å². The van der Waals surface area contributed by atoms with Gasteiger partial charge in [0.05, 0.1) is 30.6 Å². The minimum atomic E-state index is -3.25. The van der Waals surface area contributed by atoms with E-state index in [0.29, 0.717) is 0 Å². The molecule has 11 heteroatoms. The van der Waals surface area contributed by atoms with E-state index in [4.69, 9.17) is 15.0 Å². The van der Waals surface area contributed by atoms with E-state index in [9.17, 15) is 0 Å². The number of nitrogens with zero attached hydrogens (tertiary/aromatic N) is 3. The highest BCUT2D eigenvalue weighted by Crippen LogP contribution is 2.84. The zero-order valence-corrected chi connectivity index (χ0v) is 31.8. The Bertz CT molecular complexity index is 2330. The monoisotopic (exact) mass is 773 g/mol. The molecule has 0 saturated heterocycles. The molecule has 3 heterocycles. The summed E-state index contributed by atoms with van der Waals surface area (Å²) in [5.74, 6) is 0. The van der Waals surface area contributed by atoms with Crippen molar-refractivity contribution in [3.05, 3.63) is 146 Å². The van der Waals surface area contributed by atoms with Crippen LogP contribution in [0.3, 0.4) is 0 Å². The van der Waals surface area contributed by atoms with Gasteiger partial charge < -0.3 is 0 Å². The molecule has 9 aromatic rings. The maximum absolute atomic E-state index is 15.8. The summed E-state index contributed by atoms with van der Waals surface area (Å²) in [7, 11) is 0. The zero-order valence-electron chi connectivity index (χ0n) is 26.0. The Labute approximate surface area is 312 Å². The molecule has 0 saturated carbocycles. The van der Waals surface area contributed by atoms with Gasteiger partial charge in [-0.1, -0.05) is 91.0 Å². The van der Waals surface area contributed by atoms with Crippen LogP contribution in [0.15, 0.2) is 160 Å². The first-order valence-electron chi connectivity index (χ1n) is 15.6. The molecule has 0 fully saturated rings. The molecule has 0 amide bonds. The van der Waals surface area contributed by atoms with Gasteiger partial charge >= 0.3 is 0 Å². The number of thiazole rings is 3. The molecule has 0 aliphatic heterocycles. The molecule has 0 aliphatic rings. The molecule has 0 unspecified atom stereocenters. The van der Waals surface area contributed by atoms with E-state index in [2.05, 4.69) is 54.6 Å². The van der Waals surface area contributed by atoms with Crippen LogP contribution >= 0.6 is 72.9 Å². The van der Waals surface area contributed by atoms with Gasteiger partial charge in [0.25, 0.3) is 4.75 Å². The van der Waals surface area contributed by atoms with Crippen molar-refractivity contribution in [1.29, 1.82) is 0 Å². The standard InChI is InChI=1S/C39H24N3OPS6/c43-44(48-31-19-7-1-13-25(31)37-40-28-16-4-10-22-34(28)45-37,49-32-20-8-2-14-26(32)38-41-29-17-5-11-23-35(29)46-38)50-33-21-9-3-15-27(33)39-42-30-18-6-12-24-36(30)47-39/h1-24H. The number of rotatable bonds is 9. The number of hydrogen-bond acceptors (Lipinski definition) is 10. The van der Waals surface area contributed by atoms with Crippen LogP contribution in [0.25, 0.3) is 62.4 Å². The zero-order chi connectivity index (χ0) is 33.5. The Morgan fingerprint density at radius 2 is 0.660 bits per heavy atom. The lowest BCUT2D eigenvalue weighted by molar-refractivity contribution is 0.601. The molecule has 0 radical (unpaired) electrons. The Kier molecular flexibility index (Phi) is 8.87. The van der Waals surface area contributed by atoms with Crippen molar-refractivity contribution in [3.8, 4) is 31.7 Å². The average molecular weight is 774 g/mol. The summed E-state index contributed by atoms with van der Waals surface area (Å²) < 4.78 is 16.0. The second-order valence-corrected chi connectivity index (χ2v) is 25.4. The highest BCUT2D eigenvalue weighted by molar-refractivity contribution is 9.14. The fourth-order valence-corrected chi connectivity index (χ4v) is 20.1. The molecule has 50 heavy (non-hydrogen) atoms. The highest BCUT2D eigenvalue weighted by Gasteiger charge is 2.32. The molecule has 0 atom stereocenters. The third-order valence-corrected chi connectivity index (χ3v) is 21.2. The van der Waals surface area contributed by atoms with E-state index in [-0.39, 0.29) is 0 Å². The van der Waals surface area contributed by atoms with E-state index in [1.807, 2.05) is 91.0 Å². The highest BCUT2D eigenvalue weighted by atomic mass is 33.4. The Morgan fingerprint density at radius 1 is 0.380 bits per heavy atom. The van der Waals surface area contributed by atoms with Gasteiger partial charge in [-0.25, -0.2) is 15.0 Å². The minimum absolute atomic E-state index is 0.917. The second-order valence-electron chi connectivity index (χ2n) is 11.2. The van der Waals surface area contributed by atoms with E-state index in [1.54, 1.807) is 34.0 Å². The van der Waals surface area contributed by atoms with Crippen LogP contribution in [0.5, 0.6) is 0 Å². The first kappa shape index (κ1) is 32.2. The third kappa shape index (κ3) is 6.46. The van der Waals surface area contributed by atoms with Gasteiger partial charge in [0.15, 0.2) is 0 Å². The van der Waals surface area contributed by atoms with Gasteiger partial charge in [0.2, 0.25) is 0 Å². The van der Waals surface area contributed by atoms with Crippen LogP contribution in [-0.4, -0.2) is 15.0 Å². The summed E-state index contributed by atoms with van der Waals surface area (Å²) >= 11 is 9.31. The van der Waals surface area contributed by atoms with Gasteiger partial charge in [-0.05, 0) is 88.7 Å². The molecular formula is C39H24N3OPS6. The predicted octanol–water partition coefficient (Wildman–Crippen LogP) is 14.3. The normalized spacial score (nSPS) is 11.9. The van der Waals surface area contributed by atoms with Gasteiger partial charge in [0.1, 0.15) is 15.0 Å². The van der Waals surface area contributed by atoms with Crippen molar-refractivity contribution >= 4 is 104 Å². The SMILES string of the molecule is O=P(Sc1ccccc1-c1nc2ccccc2s1)(Sc1ccccc1-c1nc2ccccc2s1)Sc1ccccc1-c1nc2ccccc2s1. The van der Waals surface area contributed by atoms with Crippen molar-refractivity contribution in [3.63, 3.8) is 0 Å². The van der Waals surface area contributed by atoms with E-state index >= 15 is 4.57 Å². The number of hydrogen-bond donors (Lipinski definition) is 0. The summed E-state index contributed by atoms with van der Waals surface area (Å²) in [6, 6.07) is 49.2. The molecule has 0 N–H and O–H groups in total. The smallest absolute Gasteiger partial charge is 0.257 e. The lowest BCUT2D eigenvalue weighted by Crippen LogP contribution is -1.84. The molecular weight excluding hydrogens is 750 g/mol. The molecule has 0 aliphatic carbocycles. The van der Waals surface area contributed by atoms with Gasteiger partial charge in [-0.15, -0.1) is 34.0 Å². The second kappa shape index (κ2) is 13.8. The van der Waals surface area contributed by atoms with Crippen LogP contribution in [0.1, 0.15) is 0 Å². The predicted molar refractivity (Wildman–Crippen MR) is 220 cm³/mol. The van der Waals surface area contributed by atoms with E-state index in [0.717, 1.165) is 77.0 Å². The molecule has 0 spiro atoms. The Balaban J connectivity index is 1.15. The molecule has 4 nitrogen and oxygen atoms in total. The molecule has 0 bridgehead atoms. The quantitative estimate of drug-likeness (QED) is 0.135. The van der Waals surface area contributed by atoms with Crippen LogP contribution in [0, 0.1) is 0 Å². The summed E-state index contributed by atoms with van der Waals surface area (Å²) in [6.07, 6.45) is 0. The summed E-state index contributed by atoms with van der Waals surface area (Å²) in [6.45, 7) is 0. The first-order valence-corrected chi connectivity index (χ1v) is 24.0. The topological polar surface area (TPSA) is 55.7 Å². The minimum Gasteiger partial charge on any atom is -0.287 e. The lowest BCUT2D eigenvalue weighted by Gasteiger charge is -2.20. The van der Waals surface area contributed by atoms with E-state index < -0.39 is 4.75 Å². The number of aromatic nitrogens is 3. The maximum Gasteiger partial charge on any atom is 0.257 e. The van der Waals surface area contributed by atoms with Crippen LogP contribution in [-0.2, 0) is 4.57 Å². The van der Waals surface area contributed by atoms with Gasteiger partial charge in [-0.3, -0.25) is 4.57 Å². The number of fused-ring (bicyclic) bond motifs is 3. The fraction of sp³-hybridized carbons (Fsp3) is 0. The molecule has 242 valence electrons. The number of benzene rings is 6. The number of para-hydroxylation sites is 3. The van der Waals surface area contributed by atoms with Gasteiger partial charge in [-0.2, -0.15) is 0 Å². The van der Waals surface area contributed by atoms with Crippen molar-refractivity contribution in [2.75, 3.05) is 0 Å². The Hall–Kier alpha value is -3.73. The van der Waals surface area contributed by atoms with Crippen LogP contribution in [0.4, 0.5) is 0 Å². The Morgan fingerprint density at radius 3 is 0.980 bits per heavy atom. The third-order valence-electron chi connectivity index (χ3n) is 7.86. The lowest BCUT2D eigenvalue weighted by atomic mass is 10.2. The van der Waals surface area contributed by atoms with Crippen LogP contribution < -0.4 is 0 Å². The van der Waals surface area contributed by atoms with Crippen molar-refractivity contribution < 1.29 is 4.57 Å². The summed E-state index contributed by atoms with van der Waals surface area (Å²) in [5.41, 5.74) is 5.86. The summed E-state index contributed by atoms with van der Waals surface area (Å²) in [4.78, 5) is 17.7.